The molecule has 0 saturated carbocycles. The molecule has 1 aliphatic carbocycles. The number of rotatable bonds is 4. The molecule has 1 atom stereocenters. The van der Waals surface area contributed by atoms with Crippen LogP contribution in [0.2, 0.25) is 0 Å². The van der Waals surface area contributed by atoms with Gasteiger partial charge < -0.3 is 29.7 Å². The summed E-state index contributed by atoms with van der Waals surface area (Å²) >= 11 is 0. The number of allylic oxidation sites excluding steroid dienone is 2. The first kappa shape index (κ1) is 29.8. The van der Waals surface area contributed by atoms with Crippen LogP contribution in [0.25, 0.3) is 22.0 Å². The van der Waals surface area contributed by atoms with Gasteiger partial charge in [-0.3, -0.25) is 9.59 Å². The van der Waals surface area contributed by atoms with E-state index >= 15 is 0 Å². The van der Waals surface area contributed by atoms with E-state index in [-0.39, 0.29) is 31.1 Å². The number of ether oxygens (including phenoxy) is 2. The number of carbonyl (C=O) groups excluding carboxylic acids is 1. The Morgan fingerprint density at radius 1 is 1.04 bits per heavy atom. The quantitative estimate of drug-likeness (QED) is 0.352. The summed E-state index contributed by atoms with van der Waals surface area (Å²) in [5.41, 5.74) is 4.38. The normalized spacial score (nSPS) is 19.8. The van der Waals surface area contributed by atoms with E-state index < -0.39 is 17.5 Å². The number of hydrogen-bond donors (Lipinski definition) is 2. The maximum atomic E-state index is 14.8. The Hall–Kier alpha value is -4.91. The minimum atomic E-state index is -0.759. The van der Waals surface area contributed by atoms with E-state index in [9.17, 15) is 19.1 Å². The highest BCUT2D eigenvalue weighted by molar-refractivity contribution is 5.94. The zero-order valence-electron chi connectivity index (χ0n) is 25.3. The highest BCUT2D eigenvalue weighted by atomic mass is 19.1. The second-order valence-corrected chi connectivity index (χ2v) is 11.6. The Morgan fingerprint density at radius 2 is 1.87 bits per heavy atom. The molecule has 0 bridgehead atoms. The van der Waals surface area contributed by atoms with Gasteiger partial charge >= 0.3 is 0 Å². The van der Waals surface area contributed by atoms with Crippen molar-refractivity contribution in [3.8, 4) is 5.69 Å². The molecule has 2 N–H and O–H groups in total. The molecule has 46 heavy (non-hydrogen) atoms. The fraction of sp³-hybridized carbons (Fsp3) is 0.294. The lowest BCUT2D eigenvalue weighted by atomic mass is 9.95. The van der Waals surface area contributed by atoms with E-state index in [1.54, 1.807) is 41.4 Å². The number of pyridine rings is 1. The van der Waals surface area contributed by atoms with Crippen molar-refractivity contribution < 1.29 is 23.8 Å². The molecule has 236 valence electrons. The predicted molar refractivity (Wildman–Crippen MR) is 170 cm³/mol. The van der Waals surface area contributed by atoms with E-state index in [4.69, 9.17) is 9.47 Å². The van der Waals surface area contributed by atoms with E-state index in [2.05, 4.69) is 15.4 Å². The molecule has 7 rings (SSSR count). The Bertz CT molecular complexity index is 1930. The SMILES string of the molecule is CN1COC/C(Nc2ccc(C(=O)N3CCOCC3)cn2)=C\C2=C1CC(O)Cc1c2cccc1-n1ncc2cccc(F)c2c1=O. The topological polar surface area (TPSA) is 122 Å². The maximum absolute atomic E-state index is 14.8. The molecule has 1 saturated heterocycles. The molecule has 2 aromatic carbocycles. The van der Waals surface area contributed by atoms with Gasteiger partial charge in [0, 0.05) is 61.5 Å². The Kier molecular flexibility index (Phi) is 8.07. The van der Waals surface area contributed by atoms with Crippen molar-refractivity contribution in [2.45, 2.75) is 18.9 Å². The van der Waals surface area contributed by atoms with Crippen LogP contribution in [0.15, 0.2) is 83.2 Å². The van der Waals surface area contributed by atoms with Crippen LogP contribution in [0.1, 0.15) is 27.9 Å². The summed E-state index contributed by atoms with van der Waals surface area (Å²) in [7, 11) is 1.91. The van der Waals surface area contributed by atoms with E-state index in [0.29, 0.717) is 55.2 Å². The van der Waals surface area contributed by atoms with Gasteiger partial charge in [0.25, 0.3) is 11.5 Å². The highest BCUT2D eigenvalue weighted by Crippen LogP contribution is 2.37. The first-order chi connectivity index (χ1) is 22.4. The number of benzene rings is 2. The molecule has 4 heterocycles. The summed E-state index contributed by atoms with van der Waals surface area (Å²) in [5.74, 6) is -0.153. The number of hydrogen-bond acceptors (Lipinski definition) is 9. The lowest BCUT2D eigenvalue weighted by Gasteiger charge is -2.28. The molecule has 1 amide bonds. The van der Waals surface area contributed by atoms with Crippen molar-refractivity contribution in [2.75, 3.05) is 52.0 Å². The molecule has 2 aromatic heterocycles. The van der Waals surface area contributed by atoms with E-state index in [0.717, 1.165) is 28.1 Å². The van der Waals surface area contributed by atoms with Crippen LogP contribution in [-0.2, 0) is 15.9 Å². The Labute approximate surface area is 264 Å². The summed E-state index contributed by atoms with van der Waals surface area (Å²) in [6.45, 7) is 2.68. The molecule has 1 fully saturated rings. The number of aromatic nitrogens is 3. The number of morpholine rings is 1. The number of fused-ring (bicyclic) bond motifs is 3. The second kappa shape index (κ2) is 12.5. The summed E-state index contributed by atoms with van der Waals surface area (Å²) in [4.78, 5) is 34.7. The molecule has 3 aliphatic rings. The van der Waals surface area contributed by atoms with Crippen molar-refractivity contribution >= 4 is 28.1 Å². The van der Waals surface area contributed by atoms with Crippen LogP contribution in [0, 0.1) is 5.82 Å². The third-order valence-corrected chi connectivity index (χ3v) is 8.53. The number of nitrogens with zero attached hydrogens (tertiary/aromatic N) is 5. The molecule has 11 nitrogen and oxygen atoms in total. The smallest absolute Gasteiger partial charge is 0.282 e. The molecule has 0 radical (unpaired) electrons. The van der Waals surface area contributed by atoms with Crippen LogP contribution in [-0.4, -0.2) is 88.4 Å². The highest BCUT2D eigenvalue weighted by Gasteiger charge is 2.28. The first-order valence-corrected chi connectivity index (χ1v) is 15.2. The first-order valence-electron chi connectivity index (χ1n) is 15.2. The molecular formula is C34H33FN6O5. The van der Waals surface area contributed by atoms with Crippen LogP contribution < -0.4 is 10.9 Å². The number of halogens is 1. The molecule has 2 aliphatic heterocycles. The zero-order chi connectivity index (χ0) is 31.8. The standard InChI is InChI=1S/C34H33FN6O5/c1-39-20-46-19-23(38-31-9-8-22(17-36-31)33(43)40-10-12-45-13-11-40)14-26-25-5-3-7-29(27(25)15-24(42)16-30(26)39)41-34(44)32-21(18-37-41)4-2-6-28(32)35/h2-9,14,17-18,24,42H,10-13,15-16,19-20H2,1H3,(H,36,38)/b23-14+. The summed E-state index contributed by atoms with van der Waals surface area (Å²) in [5, 5.41) is 19.3. The lowest BCUT2D eigenvalue weighted by molar-refractivity contribution is 0.0302. The predicted octanol–water partition coefficient (Wildman–Crippen LogP) is 3.33. The van der Waals surface area contributed by atoms with Crippen molar-refractivity contribution in [3.05, 3.63) is 111 Å². The van der Waals surface area contributed by atoms with Crippen LogP contribution in [0.3, 0.4) is 0 Å². The van der Waals surface area contributed by atoms with Crippen molar-refractivity contribution in [1.82, 2.24) is 24.6 Å². The van der Waals surface area contributed by atoms with Gasteiger partial charge in [-0.2, -0.15) is 9.78 Å². The molecule has 12 heteroatoms. The average Bonchev–Trinajstić information content (AvgIpc) is 3.20. The molecular weight excluding hydrogens is 591 g/mol. The summed E-state index contributed by atoms with van der Waals surface area (Å²) in [6, 6.07) is 13.5. The number of aliphatic hydroxyl groups is 1. The Morgan fingerprint density at radius 3 is 2.67 bits per heavy atom. The fourth-order valence-electron chi connectivity index (χ4n) is 6.25. The fourth-order valence-corrected chi connectivity index (χ4v) is 6.25. The summed E-state index contributed by atoms with van der Waals surface area (Å²) < 4.78 is 27.3. The third kappa shape index (κ3) is 5.66. The number of nitrogens with one attached hydrogen (secondary N) is 1. The largest absolute Gasteiger partial charge is 0.392 e. The van der Waals surface area contributed by atoms with Crippen LogP contribution in [0.5, 0.6) is 0 Å². The maximum Gasteiger partial charge on any atom is 0.282 e. The van der Waals surface area contributed by atoms with Gasteiger partial charge in [-0.05, 0) is 41.5 Å². The van der Waals surface area contributed by atoms with Crippen molar-refractivity contribution in [2.24, 2.45) is 0 Å². The van der Waals surface area contributed by atoms with Gasteiger partial charge in [-0.1, -0.05) is 24.3 Å². The van der Waals surface area contributed by atoms with Gasteiger partial charge in [-0.15, -0.1) is 0 Å². The second-order valence-electron chi connectivity index (χ2n) is 11.6. The monoisotopic (exact) mass is 624 g/mol. The van der Waals surface area contributed by atoms with Gasteiger partial charge in [0.2, 0.25) is 0 Å². The Balaban J connectivity index is 1.27. The minimum absolute atomic E-state index is 0.0384. The number of aliphatic hydroxyl groups excluding tert-OH is 1. The van der Waals surface area contributed by atoms with Crippen molar-refractivity contribution in [3.63, 3.8) is 0 Å². The minimum Gasteiger partial charge on any atom is -0.392 e. The number of amides is 1. The number of anilines is 1. The van der Waals surface area contributed by atoms with Gasteiger partial charge in [0.1, 0.15) is 18.4 Å². The van der Waals surface area contributed by atoms with E-state index in [1.165, 1.54) is 16.9 Å². The molecule has 1 unspecified atom stereocenters. The van der Waals surface area contributed by atoms with Gasteiger partial charge in [0.15, 0.2) is 0 Å². The van der Waals surface area contributed by atoms with E-state index in [1.807, 2.05) is 30.2 Å². The van der Waals surface area contributed by atoms with Gasteiger partial charge in [-0.25, -0.2) is 9.37 Å². The van der Waals surface area contributed by atoms with Crippen LogP contribution >= 0.6 is 0 Å². The molecule has 4 aromatic rings. The third-order valence-electron chi connectivity index (χ3n) is 8.53. The lowest BCUT2D eigenvalue weighted by Crippen LogP contribution is -2.40. The van der Waals surface area contributed by atoms with Gasteiger partial charge in [0.05, 0.1) is 48.8 Å². The van der Waals surface area contributed by atoms with Crippen LogP contribution in [0.4, 0.5) is 10.2 Å². The summed E-state index contributed by atoms with van der Waals surface area (Å²) in [6.07, 6.45) is 4.85. The average molecular weight is 625 g/mol. The van der Waals surface area contributed by atoms with Crippen molar-refractivity contribution in [1.29, 1.82) is 0 Å². The molecule has 0 spiro atoms. The number of carbonyl (C=O) groups is 1. The zero-order valence-corrected chi connectivity index (χ0v) is 25.3.